The van der Waals surface area contributed by atoms with Gasteiger partial charge >= 0.3 is 6.03 Å². The van der Waals surface area contributed by atoms with Crippen molar-refractivity contribution in [3.05, 3.63) is 35.9 Å². The summed E-state index contributed by atoms with van der Waals surface area (Å²) in [5.74, 6) is 0.0124. The summed E-state index contributed by atoms with van der Waals surface area (Å²) < 4.78 is 0. The van der Waals surface area contributed by atoms with Gasteiger partial charge in [-0.1, -0.05) is 17.7 Å². The monoisotopic (exact) mass is 313 g/mol. The van der Waals surface area contributed by atoms with Crippen molar-refractivity contribution < 1.29 is 9.59 Å². The second-order valence-corrected chi connectivity index (χ2v) is 6.12. The molecule has 1 aromatic rings. The first-order valence-corrected chi connectivity index (χ1v) is 8.35. The molecule has 3 rings (SSSR count). The van der Waals surface area contributed by atoms with Crippen LogP contribution in [0, 0.1) is 0 Å². The molecule has 2 N–H and O–H groups in total. The van der Waals surface area contributed by atoms with Gasteiger partial charge in [0.1, 0.15) is 0 Å². The van der Waals surface area contributed by atoms with Crippen molar-refractivity contribution >= 4 is 23.3 Å². The number of nitrogens with zero attached hydrogens (tertiary/aromatic N) is 1. The van der Waals surface area contributed by atoms with E-state index in [1.807, 2.05) is 24.3 Å². The van der Waals surface area contributed by atoms with Crippen LogP contribution in [0.15, 0.2) is 35.9 Å². The van der Waals surface area contributed by atoms with Gasteiger partial charge < -0.3 is 10.6 Å². The third-order valence-corrected chi connectivity index (χ3v) is 4.29. The molecule has 0 atom stereocenters. The normalized spacial score (nSPS) is 18.2. The lowest BCUT2D eigenvalue weighted by atomic mass is 9.97. The Morgan fingerprint density at radius 1 is 1.26 bits per heavy atom. The number of hydrogen-bond acceptors (Lipinski definition) is 2. The zero-order chi connectivity index (χ0) is 16.1. The average molecular weight is 313 g/mol. The number of hydrogen-bond donors (Lipinski definition) is 2. The first-order valence-electron chi connectivity index (χ1n) is 8.35. The van der Waals surface area contributed by atoms with E-state index < -0.39 is 0 Å². The molecule has 0 saturated carbocycles. The van der Waals surface area contributed by atoms with Crippen LogP contribution in [0.1, 0.15) is 38.5 Å². The molecule has 0 radical (unpaired) electrons. The van der Waals surface area contributed by atoms with Crippen LogP contribution >= 0.6 is 0 Å². The maximum atomic E-state index is 12.2. The van der Waals surface area contributed by atoms with Crippen LogP contribution in [0.2, 0.25) is 0 Å². The van der Waals surface area contributed by atoms with E-state index in [0.29, 0.717) is 13.0 Å². The third-order valence-electron chi connectivity index (χ3n) is 4.29. The third kappa shape index (κ3) is 4.12. The summed E-state index contributed by atoms with van der Waals surface area (Å²) in [7, 11) is 0. The predicted molar refractivity (Wildman–Crippen MR) is 91.6 cm³/mol. The highest BCUT2D eigenvalue weighted by molar-refractivity contribution is 5.95. The molecule has 1 saturated heterocycles. The minimum atomic E-state index is -0.0768. The molecule has 0 aromatic heterocycles. The Labute approximate surface area is 136 Å². The molecule has 1 aromatic carbocycles. The SMILES string of the molecule is O=C(CC1=CCCCC1)Nc1cccc(N2CCCNC2=O)c1. The molecule has 3 amide bonds. The Kier molecular flexibility index (Phi) is 4.95. The van der Waals surface area contributed by atoms with Gasteiger partial charge in [0.2, 0.25) is 5.91 Å². The fourth-order valence-corrected chi connectivity index (χ4v) is 3.10. The Bertz CT molecular complexity index is 624. The van der Waals surface area contributed by atoms with Crippen molar-refractivity contribution in [3.63, 3.8) is 0 Å². The lowest BCUT2D eigenvalue weighted by Gasteiger charge is -2.27. The van der Waals surface area contributed by atoms with Crippen molar-refractivity contribution in [2.75, 3.05) is 23.3 Å². The van der Waals surface area contributed by atoms with Gasteiger partial charge in [0.05, 0.1) is 0 Å². The van der Waals surface area contributed by atoms with Crippen molar-refractivity contribution in [1.29, 1.82) is 0 Å². The standard InChI is InChI=1S/C18H23N3O2/c22-17(12-14-6-2-1-3-7-14)20-15-8-4-9-16(13-15)21-11-5-10-19-18(21)23/h4,6,8-9,13H,1-3,5,7,10-12H2,(H,19,23)(H,20,22). The summed E-state index contributed by atoms with van der Waals surface area (Å²) in [4.78, 5) is 25.8. The number of carbonyl (C=O) groups is 2. The molecule has 1 aliphatic carbocycles. The van der Waals surface area contributed by atoms with E-state index in [2.05, 4.69) is 16.7 Å². The van der Waals surface area contributed by atoms with E-state index in [1.54, 1.807) is 4.90 Å². The van der Waals surface area contributed by atoms with Crippen LogP contribution in [0.25, 0.3) is 0 Å². The number of carbonyl (C=O) groups excluding carboxylic acids is 2. The zero-order valence-electron chi connectivity index (χ0n) is 13.3. The molecule has 122 valence electrons. The smallest absolute Gasteiger partial charge is 0.321 e. The molecule has 23 heavy (non-hydrogen) atoms. The fraction of sp³-hybridized carbons (Fsp3) is 0.444. The summed E-state index contributed by atoms with van der Waals surface area (Å²) in [6.45, 7) is 1.43. The number of urea groups is 1. The van der Waals surface area contributed by atoms with Crippen molar-refractivity contribution in [2.24, 2.45) is 0 Å². The van der Waals surface area contributed by atoms with Crippen molar-refractivity contribution in [2.45, 2.75) is 38.5 Å². The summed E-state index contributed by atoms with van der Waals surface area (Å²) in [5, 5.41) is 5.78. The Morgan fingerprint density at radius 3 is 2.96 bits per heavy atom. The summed E-state index contributed by atoms with van der Waals surface area (Å²) >= 11 is 0. The Morgan fingerprint density at radius 2 is 2.17 bits per heavy atom. The van der Waals surface area contributed by atoms with Crippen LogP contribution in [0.3, 0.4) is 0 Å². The highest BCUT2D eigenvalue weighted by Gasteiger charge is 2.19. The van der Waals surface area contributed by atoms with Crippen LogP contribution in [-0.2, 0) is 4.79 Å². The lowest BCUT2D eigenvalue weighted by Crippen LogP contribution is -2.46. The van der Waals surface area contributed by atoms with Gasteiger partial charge in [-0.15, -0.1) is 0 Å². The van der Waals surface area contributed by atoms with E-state index in [9.17, 15) is 9.59 Å². The number of benzene rings is 1. The van der Waals surface area contributed by atoms with E-state index >= 15 is 0 Å². The molecule has 0 spiro atoms. The Balaban J connectivity index is 1.64. The molecule has 1 aliphatic heterocycles. The second kappa shape index (κ2) is 7.31. The minimum Gasteiger partial charge on any atom is -0.338 e. The maximum Gasteiger partial charge on any atom is 0.321 e. The first-order chi connectivity index (χ1) is 11.2. The number of anilines is 2. The predicted octanol–water partition coefficient (Wildman–Crippen LogP) is 3.44. The quantitative estimate of drug-likeness (QED) is 0.837. The van der Waals surface area contributed by atoms with Crippen molar-refractivity contribution in [3.8, 4) is 0 Å². The number of allylic oxidation sites excluding steroid dienone is 1. The van der Waals surface area contributed by atoms with Crippen LogP contribution in [0.5, 0.6) is 0 Å². The lowest BCUT2D eigenvalue weighted by molar-refractivity contribution is -0.115. The Hall–Kier alpha value is -2.30. The van der Waals surface area contributed by atoms with Gasteiger partial charge in [-0.05, 0) is 50.3 Å². The molecule has 1 heterocycles. The van der Waals surface area contributed by atoms with Crippen LogP contribution in [0.4, 0.5) is 16.2 Å². The van der Waals surface area contributed by atoms with Gasteiger partial charge in [-0.25, -0.2) is 4.79 Å². The van der Waals surface area contributed by atoms with Gasteiger partial charge in [0, 0.05) is 30.9 Å². The van der Waals surface area contributed by atoms with E-state index in [-0.39, 0.29) is 11.9 Å². The number of amides is 3. The van der Waals surface area contributed by atoms with Crippen LogP contribution in [-0.4, -0.2) is 25.0 Å². The van der Waals surface area contributed by atoms with E-state index in [1.165, 1.54) is 18.4 Å². The zero-order valence-corrected chi connectivity index (χ0v) is 13.3. The van der Waals surface area contributed by atoms with Crippen LogP contribution < -0.4 is 15.5 Å². The molecular weight excluding hydrogens is 290 g/mol. The number of nitrogens with one attached hydrogen (secondary N) is 2. The van der Waals surface area contributed by atoms with Gasteiger partial charge in [-0.3, -0.25) is 9.69 Å². The minimum absolute atomic E-state index is 0.0124. The maximum absolute atomic E-state index is 12.2. The second-order valence-electron chi connectivity index (χ2n) is 6.12. The van der Waals surface area contributed by atoms with Crippen molar-refractivity contribution in [1.82, 2.24) is 5.32 Å². The average Bonchev–Trinajstić information content (AvgIpc) is 2.56. The highest BCUT2D eigenvalue weighted by Crippen LogP contribution is 2.23. The first kappa shape index (κ1) is 15.6. The summed E-state index contributed by atoms with van der Waals surface area (Å²) in [6, 6.07) is 7.40. The van der Waals surface area contributed by atoms with E-state index in [4.69, 9.17) is 0 Å². The van der Waals surface area contributed by atoms with Gasteiger partial charge in [-0.2, -0.15) is 0 Å². The molecule has 0 unspecified atom stereocenters. The fourth-order valence-electron chi connectivity index (χ4n) is 3.10. The summed E-state index contributed by atoms with van der Waals surface area (Å²) in [5.41, 5.74) is 2.79. The summed E-state index contributed by atoms with van der Waals surface area (Å²) in [6.07, 6.45) is 8.11. The largest absolute Gasteiger partial charge is 0.338 e. The number of rotatable bonds is 4. The van der Waals surface area contributed by atoms with Gasteiger partial charge in [0.15, 0.2) is 0 Å². The van der Waals surface area contributed by atoms with Gasteiger partial charge in [0.25, 0.3) is 0 Å². The molecule has 2 aliphatic rings. The van der Waals surface area contributed by atoms with E-state index in [0.717, 1.165) is 37.2 Å². The molecule has 5 nitrogen and oxygen atoms in total. The topological polar surface area (TPSA) is 61.4 Å². The molecule has 5 heteroatoms. The molecule has 0 bridgehead atoms. The highest BCUT2D eigenvalue weighted by atomic mass is 16.2. The molecule has 1 fully saturated rings. The molecular formula is C18H23N3O2.